The largest absolute Gasteiger partial charge is 0.480 e. The zero-order valence-electron chi connectivity index (χ0n) is 9.80. The smallest absolute Gasteiger partial charge is 0.323 e. The predicted molar refractivity (Wildman–Crippen MR) is 60.3 cm³/mol. The van der Waals surface area contributed by atoms with Crippen molar-refractivity contribution in [3.63, 3.8) is 0 Å². The van der Waals surface area contributed by atoms with Crippen molar-refractivity contribution in [2.45, 2.75) is 37.5 Å². The molecule has 1 saturated heterocycles. The summed E-state index contributed by atoms with van der Waals surface area (Å²) in [4.78, 5) is 32.9. The summed E-state index contributed by atoms with van der Waals surface area (Å²) in [6, 6.07) is -1.83. The zero-order valence-corrected chi connectivity index (χ0v) is 9.80. The van der Waals surface area contributed by atoms with Crippen molar-refractivity contribution in [2.75, 3.05) is 6.54 Å². The SMILES string of the molecule is NC(=O)CC(N)C(=O)OC1CCNC(C(=O)O)C1. The Morgan fingerprint density at radius 2 is 2.11 bits per heavy atom. The molecule has 1 amide bonds. The van der Waals surface area contributed by atoms with Crippen LogP contribution >= 0.6 is 0 Å². The number of piperidine rings is 1. The van der Waals surface area contributed by atoms with Crippen molar-refractivity contribution in [3.8, 4) is 0 Å². The molecule has 102 valence electrons. The molecule has 0 bridgehead atoms. The topological polar surface area (TPSA) is 145 Å². The first kappa shape index (κ1) is 14.4. The van der Waals surface area contributed by atoms with Gasteiger partial charge in [0.1, 0.15) is 18.2 Å². The van der Waals surface area contributed by atoms with Crippen molar-refractivity contribution in [1.29, 1.82) is 0 Å². The van der Waals surface area contributed by atoms with Crippen molar-refractivity contribution in [3.05, 3.63) is 0 Å². The lowest BCUT2D eigenvalue weighted by atomic mass is 10.0. The highest BCUT2D eigenvalue weighted by Crippen LogP contribution is 2.13. The van der Waals surface area contributed by atoms with E-state index in [1.165, 1.54) is 0 Å². The molecule has 0 aromatic carbocycles. The Kier molecular flexibility index (Phi) is 5.05. The van der Waals surface area contributed by atoms with Crippen LogP contribution in [0.3, 0.4) is 0 Å². The highest BCUT2D eigenvalue weighted by molar-refractivity contribution is 5.84. The molecule has 1 rings (SSSR count). The van der Waals surface area contributed by atoms with Gasteiger partial charge in [0, 0.05) is 6.42 Å². The lowest BCUT2D eigenvalue weighted by Crippen LogP contribution is -2.47. The van der Waals surface area contributed by atoms with Crippen LogP contribution in [0.25, 0.3) is 0 Å². The van der Waals surface area contributed by atoms with Gasteiger partial charge in [-0.1, -0.05) is 0 Å². The first-order valence-electron chi connectivity index (χ1n) is 5.60. The molecule has 1 heterocycles. The van der Waals surface area contributed by atoms with Crippen molar-refractivity contribution in [1.82, 2.24) is 5.32 Å². The van der Waals surface area contributed by atoms with E-state index in [-0.39, 0.29) is 12.8 Å². The molecule has 0 aromatic rings. The van der Waals surface area contributed by atoms with Crippen LogP contribution in [0.2, 0.25) is 0 Å². The van der Waals surface area contributed by atoms with Gasteiger partial charge in [-0.25, -0.2) is 0 Å². The lowest BCUT2D eigenvalue weighted by molar-refractivity contribution is -0.155. The first-order chi connectivity index (χ1) is 8.40. The van der Waals surface area contributed by atoms with Crippen LogP contribution in [0.4, 0.5) is 0 Å². The van der Waals surface area contributed by atoms with Crippen LogP contribution in [0, 0.1) is 0 Å². The fourth-order valence-corrected chi connectivity index (χ4v) is 1.73. The molecular formula is C10H17N3O5. The Hall–Kier alpha value is -1.67. The van der Waals surface area contributed by atoms with Gasteiger partial charge in [0.05, 0.1) is 6.42 Å². The summed E-state index contributed by atoms with van der Waals surface area (Å²) >= 11 is 0. The lowest BCUT2D eigenvalue weighted by Gasteiger charge is -2.28. The Labute approximate surface area is 104 Å². The van der Waals surface area contributed by atoms with Crippen LogP contribution in [0.1, 0.15) is 19.3 Å². The molecule has 0 radical (unpaired) electrons. The molecular weight excluding hydrogens is 242 g/mol. The summed E-state index contributed by atoms with van der Waals surface area (Å²) in [7, 11) is 0. The van der Waals surface area contributed by atoms with E-state index in [2.05, 4.69) is 5.32 Å². The third-order valence-corrected chi connectivity index (χ3v) is 2.66. The van der Waals surface area contributed by atoms with Crippen molar-refractivity contribution in [2.24, 2.45) is 11.5 Å². The van der Waals surface area contributed by atoms with Crippen LogP contribution in [-0.4, -0.2) is 47.7 Å². The van der Waals surface area contributed by atoms with Gasteiger partial charge in [0.2, 0.25) is 5.91 Å². The van der Waals surface area contributed by atoms with Gasteiger partial charge >= 0.3 is 11.9 Å². The summed E-state index contributed by atoms with van der Waals surface area (Å²) in [5.74, 6) is -2.41. The average molecular weight is 259 g/mol. The summed E-state index contributed by atoms with van der Waals surface area (Å²) in [6.07, 6.45) is -0.0891. The summed E-state index contributed by atoms with van der Waals surface area (Å²) in [5, 5.41) is 11.6. The predicted octanol–water partition coefficient (Wildman–Crippen LogP) is -2.06. The van der Waals surface area contributed by atoms with Gasteiger partial charge in [-0.05, 0) is 13.0 Å². The number of carbonyl (C=O) groups excluding carboxylic acids is 2. The molecule has 0 spiro atoms. The Balaban J connectivity index is 2.44. The van der Waals surface area contributed by atoms with E-state index in [0.717, 1.165) is 0 Å². The van der Waals surface area contributed by atoms with E-state index in [9.17, 15) is 14.4 Å². The number of carbonyl (C=O) groups is 3. The third-order valence-electron chi connectivity index (χ3n) is 2.66. The minimum absolute atomic E-state index is 0.185. The van der Waals surface area contributed by atoms with Crippen LogP contribution < -0.4 is 16.8 Å². The first-order valence-corrected chi connectivity index (χ1v) is 5.60. The van der Waals surface area contributed by atoms with E-state index < -0.39 is 36.0 Å². The monoisotopic (exact) mass is 259 g/mol. The van der Waals surface area contributed by atoms with Crippen molar-refractivity contribution >= 4 is 17.8 Å². The van der Waals surface area contributed by atoms with E-state index >= 15 is 0 Å². The quantitative estimate of drug-likeness (QED) is 0.415. The van der Waals surface area contributed by atoms with Gasteiger partial charge < -0.3 is 26.6 Å². The number of aliphatic carboxylic acids is 1. The second kappa shape index (κ2) is 6.31. The molecule has 18 heavy (non-hydrogen) atoms. The number of rotatable bonds is 5. The second-order valence-electron chi connectivity index (χ2n) is 4.21. The number of hydrogen-bond donors (Lipinski definition) is 4. The zero-order chi connectivity index (χ0) is 13.7. The van der Waals surface area contributed by atoms with Gasteiger partial charge in [-0.15, -0.1) is 0 Å². The second-order valence-corrected chi connectivity index (χ2v) is 4.21. The van der Waals surface area contributed by atoms with Gasteiger partial charge in [-0.2, -0.15) is 0 Å². The third kappa shape index (κ3) is 4.30. The van der Waals surface area contributed by atoms with E-state index in [1.54, 1.807) is 0 Å². The molecule has 3 unspecified atom stereocenters. The minimum atomic E-state index is -1.10. The maximum Gasteiger partial charge on any atom is 0.323 e. The maximum absolute atomic E-state index is 11.5. The van der Waals surface area contributed by atoms with Gasteiger partial charge in [0.25, 0.3) is 0 Å². The standard InChI is InChI=1S/C10H17N3O5/c11-6(4-8(12)14)10(17)18-5-1-2-13-7(3-5)9(15)16/h5-7,13H,1-4,11H2,(H2,12,14)(H,15,16). The molecule has 0 aromatic heterocycles. The number of esters is 1. The highest BCUT2D eigenvalue weighted by Gasteiger charge is 2.30. The summed E-state index contributed by atoms with van der Waals surface area (Å²) in [5.41, 5.74) is 10.3. The van der Waals surface area contributed by atoms with Gasteiger partial charge in [-0.3, -0.25) is 14.4 Å². The van der Waals surface area contributed by atoms with E-state index in [4.69, 9.17) is 21.3 Å². The number of nitrogens with two attached hydrogens (primary N) is 2. The number of amides is 1. The molecule has 0 aliphatic carbocycles. The summed E-state index contributed by atoms with van der Waals surface area (Å²) < 4.78 is 5.06. The van der Waals surface area contributed by atoms with Crippen molar-refractivity contribution < 1.29 is 24.2 Å². The molecule has 6 N–H and O–H groups in total. The molecule has 1 fully saturated rings. The molecule has 8 nitrogen and oxygen atoms in total. The molecule has 1 aliphatic rings. The van der Waals surface area contributed by atoms with Crippen LogP contribution in [0.15, 0.2) is 0 Å². The fraction of sp³-hybridized carbons (Fsp3) is 0.700. The van der Waals surface area contributed by atoms with Crippen LogP contribution in [0.5, 0.6) is 0 Å². The number of primary amides is 1. The number of nitrogens with one attached hydrogen (secondary N) is 1. The molecule has 3 atom stereocenters. The Bertz CT molecular complexity index is 346. The summed E-state index contributed by atoms with van der Waals surface area (Å²) in [6.45, 7) is 0.444. The molecule has 0 saturated carbocycles. The number of carboxylic acid groups (broad SMARTS) is 1. The molecule has 1 aliphatic heterocycles. The minimum Gasteiger partial charge on any atom is -0.480 e. The molecule has 8 heteroatoms. The van der Waals surface area contributed by atoms with E-state index in [1.807, 2.05) is 0 Å². The average Bonchev–Trinajstić information content (AvgIpc) is 2.28. The Morgan fingerprint density at radius 3 is 2.67 bits per heavy atom. The number of ether oxygens (including phenoxy) is 1. The fourth-order valence-electron chi connectivity index (χ4n) is 1.73. The number of hydrogen-bond acceptors (Lipinski definition) is 6. The number of carboxylic acids is 1. The normalized spacial score (nSPS) is 25.2. The van der Waals surface area contributed by atoms with E-state index in [0.29, 0.717) is 13.0 Å². The highest BCUT2D eigenvalue weighted by atomic mass is 16.5. The Morgan fingerprint density at radius 1 is 1.44 bits per heavy atom. The van der Waals surface area contributed by atoms with Gasteiger partial charge in [0.15, 0.2) is 0 Å². The van der Waals surface area contributed by atoms with Crippen LogP contribution in [-0.2, 0) is 19.1 Å². The maximum atomic E-state index is 11.5.